The number of carbonyl (C=O) groups is 3. The maximum Gasteiger partial charge on any atom is 0.350 e. The summed E-state index contributed by atoms with van der Waals surface area (Å²) in [7, 11) is 0. The molecule has 5 rings (SSSR count). The van der Waals surface area contributed by atoms with Crippen LogP contribution in [0.5, 0.6) is 5.75 Å². The molecule has 2 aliphatic heterocycles. The summed E-state index contributed by atoms with van der Waals surface area (Å²) in [6.07, 6.45) is 2.10. The molecule has 0 aliphatic carbocycles. The van der Waals surface area contributed by atoms with E-state index in [9.17, 15) is 19.5 Å². The molecule has 10 heteroatoms. The fourth-order valence-electron chi connectivity index (χ4n) is 4.62. The first-order chi connectivity index (χ1) is 18.2. The third-order valence-electron chi connectivity index (χ3n) is 6.29. The van der Waals surface area contributed by atoms with Gasteiger partial charge in [-0.3, -0.25) is 14.5 Å². The number of rotatable bonds is 6. The van der Waals surface area contributed by atoms with Gasteiger partial charge in [-0.25, -0.2) is 9.78 Å². The fourth-order valence-corrected chi connectivity index (χ4v) is 5.81. The Balaban J connectivity index is 1.65. The van der Waals surface area contributed by atoms with Gasteiger partial charge >= 0.3 is 11.9 Å². The molecular weight excluding hydrogens is 528 g/mol. The molecule has 1 aromatic heterocycles. The number of thiazole rings is 1. The monoisotopic (exact) mass is 550 g/mol. The van der Waals surface area contributed by atoms with Crippen molar-refractivity contribution in [2.75, 3.05) is 11.5 Å². The summed E-state index contributed by atoms with van der Waals surface area (Å²) >= 11 is 7.20. The summed E-state index contributed by atoms with van der Waals surface area (Å²) in [6, 6.07) is 10.8. The molecule has 194 valence electrons. The van der Waals surface area contributed by atoms with Gasteiger partial charge in [0, 0.05) is 17.0 Å². The van der Waals surface area contributed by atoms with Gasteiger partial charge in [0.25, 0.3) is 5.78 Å². The predicted octanol–water partition coefficient (Wildman–Crippen LogP) is 5.40. The van der Waals surface area contributed by atoms with Gasteiger partial charge in [-0.15, -0.1) is 0 Å². The number of Topliss-reactive ketones (excluding diaryl/α,β-unsaturated/α-hetero) is 1. The number of aromatic nitrogens is 1. The Morgan fingerprint density at radius 3 is 2.84 bits per heavy atom. The number of fused-ring (bicyclic) bond motifs is 1. The van der Waals surface area contributed by atoms with E-state index in [-0.39, 0.29) is 34.1 Å². The highest BCUT2D eigenvalue weighted by atomic mass is 35.5. The van der Waals surface area contributed by atoms with Gasteiger partial charge in [0.15, 0.2) is 5.13 Å². The van der Waals surface area contributed by atoms with Crippen molar-refractivity contribution in [1.29, 1.82) is 0 Å². The average Bonchev–Trinajstić information content (AvgIpc) is 3.54. The largest absolute Gasteiger partial charge is 0.507 e. The lowest BCUT2D eigenvalue weighted by molar-refractivity contribution is -0.132. The molecule has 1 N–H and O–H groups in total. The van der Waals surface area contributed by atoms with Gasteiger partial charge in [-0.05, 0) is 55.3 Å². The second-order valence-electron chi connectivity index (χ2n) is 8.98. The molecule has 2 aliphatic rings. The maximum absolute atomic E-state index is 13.4. The van der Waals surface area contributed by atoms with Crippen molar-refractivity contribution in [2.45, 2.75) is 32.4 Å². The smallest absolute Gasteiger partial charge is 0.350 e. The zero-order valence-corrected chi connectivity index (χ0v) is 22.1. The van der Waals surface area contributed by atoms with Crippen molar-refractivity contribution < 1.29 is 29.0 Å². The number of aliphatic hydroxyl groups excluding tert-OH is 1. The number of nitrogens with zero attached hydrogens (tertiary/aromatic N) is 2. The molecule has 0 spiro atoms. The van der Waals surface area contributed by atoms with Crippen LogP contribution in [-0.4, -0.2) is 40.5 Å². The number of ether oxygens (including phenoxy) is 2. The predicted molar refractivity (Wildman–Crippen MR) is 144 cm³/mol. The first-order valence-electron chi connectivity index (χ1n) is 11.8. The van der Waals surface area contributed by atoms with Crippen LogP contribution in [0.3, 0.4) is 0 Å². The number of anilines is 1. The second-order valence-corrected chi connectivity index (χ2v) is 10.4. The molecule has 3 aromatic rings. The number of ketones is 1. The van der Waals surface area contributed by atoms with Gasteiger partial charge in [0.1, 0.15) is 29.1 Å². The number of benzene rings is 2. The summed E-state index contributed by atoms with van der Waals surface area (Å²) in [5.74, 6) is -1.97. The maximum atomic E-state index is 13.4. The molecule has 1 fully saturated rings. The molecule has 2 aromatic carbocycles. The molecule has 38 heavy (non-hydrogen) atoms. The van der Waals surface area contributed by atoms with E-state index in [2.05, 4.69) is 11.6 Å². The lowest BCUT2D eigenvalue weighted by Crippen LogP contribution is -2.29. The first-order valence-corrected chi connectivity index (χ1v) is 13.0. The molecule has 0 bridgehead atoms. The average molecular weight is 551 g/mol. The van der Waals surface area contributed by atoms with Crippen molar-refractivity contribution >= 4 is 51.5 Å². The van der Waals surface area contributed by atoms with Gasteiger partial charge < -0.3 is 14.6 Å². The van der Waals surface area contributed by atoms with Crippen LogP contribution >= 0.6 is 22.9 Å². The van der Waals surface area contributed by atoms with Gasteiger partial charge in [-0.1, -0.05) is 47.7 Å². The van der Waals surface area contributed by atoms with Crippen LogP contribution in [-0.2, 0) is 20.7 Å². The van der Waals surface area contributed by atoms with E-state index >= 15 is 0 Å². The quantitative estimate of drug-likeness (QED) is 0.144. The van der Waals surface area contributed by atoms with Crippen molar-refractivity contribution in [3.05, 3.63) is 93.0 Å². The Morgan fingerprint density at radius 1 is 1.32 bits per heavy atom. The number of halogens is 1. The number of carbonyl (C=O) groups excluding carboxylic acids is 3. The van der Waals surface area contributed by atoms with Crippen LogP contribution in [0.4, 0.5) is 5.13 Å². The summed E-state index contributed by atoms with van der Waals surface area (Å²) in [6.45, 7) is 7.11. The summed E-state index contributed by atoms with van der Waals surface area (Å²) in [5.41, 5.74) is 2.02. The Labute approximate surface area is 227 Å². The van der Waals surface area contributed by atoms with Crippen molar-refractivity contribution in [3.8, 4) is 5.75 Å². The fraction of sp³-hybridized carbons (Fsp3) is 0.214. The zero-order chi connectivity index (χ0) is 27.1. The molecule has 0 radical (unpaired) electrons. The van der Waals surface area contributed by atoms with Crippen molar-refractivity contribution in [2.24, 2.45) is 0 Å². The molecule has 1 saturated heterocycles. The van der Waals surface area contributed by atoms with E-state index in [1.54, 1.807) is 49.4 Å². The van der Waals surface area contributed by atoms with Crippen molar-refractivity contribution in [3.63, 3.8) is 0 Å². The minimum absolute atomic E-state index is 0.0000508. The molecule has 0 unspecified atom stereocenters. The van der Waals surface area contributed by atoms with E-state index in [1.165, 1.54) is 11.0 Å². The van der Waals surface area contributed by atoms with E-state index in [1.807, 2.05) is 6.92 Å². The van der Waals surface area contributed by atoms with Gasteiger partial charge in [0.05, 0.1) is 17.3 Å². The van der Waals surface area contributed by atoms with Crippen LogP contribution in [0.15, 0.2) is 60.7 Å². The van der Waals surface area contributed by atoms with Crippen LogP contribution in [0.2, 0.25) is 5.02 Å². The topological polar surface area (TPSA) is 106 Å². The highest BCUT2D eigenvalue weighted by Gasteiger charge is 2.48. The van der Waals surface area contributed by atoms with Gasteiger partial charge in [0.2, 0.25) is 0 Å². The number of aliphatic hydroxyl groups is 1. The van der Waals surface area contributed by atoms with E-state index < -0.39 is 23.7 Å². The van der Waals surface area contributed by atoms with Crippen molar-refractivity contribution in [1.82, 2.24) is 4.98 Å². The van der Waals surface area contributed by atoms with E-state index in [0.717, 1.165) is 22.6 Å². The standard InChI is InChI=1S/C28H23ClN2O6S/c1-4-10-36-27(35)25-15(3)30-28(38-25)31-22(16-6-5-7-19(29)13-16)21(24(33)26(31)34)23(32)17-8-9-20-18(12-17)11-14(2)37-20/h4-9,12-14,22,32H,1,10-11H2,2-3H3/t14-,22-/m1/s1. The summed E-state index contributed by atoms with van der Waals surface area (Å²) in [5, 5.41) is 11.9. The first kappa shape index (κ1) is 25.7. The number of esters is 1. The summed E-state index contributed by atoms with van der Waals surface area (Å²) < 4.78 is 10.9. The van der Waals surface area contributed by atoms with Crippen LogP contribution in [0.1, 0.15) is 45.0 Å². The molecule has 8 nitrogen and oxygen atoms in total. The minimum atomic E-state index is -1.03. The Bertz CT molecular complexity index is 1530. The number of hydrogen-bond acceptors (Lipinski definition) is 8. The molecule has 0 saturated carbocycles. The Morgan fingerprint density at radius 2 is 2.11 bits per heavy atom. The van der Waals surface area contributed by atoms with Gasteiger partial charge in [-0.2, -0.15) is 0 Å². The Kier molecular flexibility index (Phi) is 6.81. The highest BCUT2D eigenvalue weighted by molar-refractivity contribution is 7.17. The SMILES string of the molecule is C=CCOC(=O)c1sc(N2C(=O)C(=O)C(=C(O)c3ccc4c(c3)C[C@@H](C)O4)[C@H]2c2cccc(Cl)c2)nc1C. The molecule has 2 atom stereocenters. The zero-order valence-electron chi connectivity index (χ0n) is 20.6. The molecule has 3 heterocycles. The van der Waals surface area contributed by atoms with Crippen LogP contribution in [0, 0.1) is 6.92 Å². The minimum Gasteiger partial charge on any atom is -0.507 e. The van der Waals surface area contributed by atoms with Crippen LogP contribution < -0.4 is 9.64 Å². The highest BCUT2D eigenvalue weighted by Crippen LogP contribution is 2.45. The van der Waals surface area contributed by atoms with E-state index in [4.69, 9.17) is 21.1 Å². The molecule has 1 amide bonds. The third-order valence-corrected chi connectivity index (χ3v) is 7.66. The Hall–Kier alpha value is -3.95. The molecular formula is C28H23ClN2O6S. The number of amides is 1. The number of aryl methyl sites for hydroxylation is 1. The lowest BCUT2D eigenvalue weighted by Gasteiger charge is -2.23. The van der Waals surface area contributed by atoms with Crippen LogP contribution in [0.25, 0.3) is 5.76 Å². The summed E-state index contributed by atoms with van der Waals surface area (Å²) in [4.78, 5) is 45.2. The number of hydrogen-bond donors (Lipinski definition) is 1. The second kappa shape index (κ2) is 10.1. The lowest BCUT2D eigenvalue weighted by atomic mass is 9.94. The third kappa shape index (κ3) is 4.48. The van der Waals surface area contributed by atoms with E-state index in [0.29, 0.717) is 28.3 Å². The normalized spacial score (nSPS) is 19.8.